The van der Waals surface area contributed by atoms with Gasteiger partial charge in [0.1, 0.15) is 11.6 Å². The number of hydrogen-bond acceptors (Lipinski definition) is 7. The maximum atomic E-state index is 12.0. The third-order valence-electron chi connectivity index (χ3n) is 5.06. The number of aromatic nitrogens is 6. The second-order valence-electron chi connectivity index (χ2n) is 7.07. The first-order chi connectivity index (χ1) is 15.1. The molecular weight excluding hydrogens is 394 g/mol. The van der Waals surface area contributed by atoms with Crippen LogP contribution in [0.1, 0.15) is 35.2 Å². The number of benzene rings is 2. The average molecular weight is 417 g/mol. The van der Waals surface area contributed by atoms with Crippen molar-refractivity contribution in [3.8, 4) is 22.5 Å². The van der Waals surface area contributed by atoms with E-state index in [0.717, 1.165) is 40.9 Å². The van der Waals surface area contributed by atoms with Crippen LogP contribution in [0.3, 0.4) is 0 Å². The van der Waals surface area contributed by atoms with Crippen molar-refractivity contribution in [1.29, 1.82) is 0 Å². The van der Waals surface area contributed by atoms with Crippen molar-refractivity contribution >= 4 is 11.8 Å². The molecule has 0 aliphatic heterocycles. The maximum Gasteiger partial charge on any atom is 0.360 e. The third-order valence-corrected chi connectivity index (χ3v) is 5.06. The lowest BCUT2D eigenvalue weighted by molar-refractivity contribution is 0.0595. The number of rotatable bonds is 7. The molecule has 0 amide bonds. The minimum absolute atomic E-state index is 0.164. The summed E-state index contributed by atoms with van der Waals surface area (Å²) in [7, 11) is 1.32. The topological polar surface area (TPSA) is 125 Å². The molecule has 0 radical (unpaired) electrons. The van der Waals surface area contributed by atoms with E-state index in [1.165, 1.54) is 7.11 Å². The predicted molar refractivity (Wildman–Crippen MR) is 116 cm³/mol. The third kappa shape index (κ3) is 4.02. The largest absolute Gasteiger partial charge is 0.464 e. The van der Waals surface area contributed by atoms with Gasteiger partial charge in [-0.3, -0.25) is 0 Å². The maximum absolute atomic E-state index is 12.0. The number of nitrogens with two attached hydrogens (primary N) is 1. The SMILES string of the molecule is CCCc1nc(C(=O)OC)c(N)n1Cc1ccc(-c2ccccc2-c2nn[nH]n2)cc1. The van der Waals surface area contributed by atoms with Crippen molar-refractivity contribution in [3.05, 3.63) is 65.6 Å². The molecule has 0 saturated carbocycles. The Morgan fingerprint density at radius 1 is 1.13 bits per heavy atom. The van der Waals surface area contributed by atoms with Crippen molar-refractivity contribution in [2.24, 2.45) is 0 Å². The molecule has 2 aromatic heterocycles. The van der Waals surface area contributed by atoms with Gasteiger partial charge in [-0.25, -0.2) is 9.78 Å². The Bertz CT molecular complexity index is 1180. The van der Waals surface area contributed by atoms with Crippen LogP contribution >= 0.6 is 0 Å². The number of anilines is 1. The normalized spacial score (nSPS) is 10.9. The Morgan fingerprint density at radius 2 is 1.87 bits per heavy atom. The fourth-order valence-corrected chi connectivity index (χ4v) is 3.53. The van der Waals surface area contributed by atoms with E-state index in [1.54, 1.807) is 0 Å². The number of ether oxygens (including phenoxy) is 1. The number of tetrazole rings is 1. The molecule has 0 atom stereocenters. The molecule has 0 unspecified atom stereocenters. The smallest absolute Gasteiger partial charge is 0.360 e. The number of imidazole rings is 1. The molecule has 31 heavy (non-hydrogen) atoms. The molecule has 9 nitrogen and oxygen atoms in total. The Labute approximate surface area is 179 Å². The zero-order valence-corrected chi connectivity index (χ0v) is 17.4. The number of carbonyl (C=O) groups excluding carboxylic acids is 1. The van der Waals surface area contributed by atoms with E-state index in [2.05, 4.69) is 32.5 Å². The number of nitrogens with one attached hydrogen (secondary N) is 1. The molecule has 0 fully saturated rings. The van der Waals surface area contributed by atoms with Gasteiger partial charge in [0.25, 0.3) is 0 Å². The van der Waals surface area contributed by atoms with Crippen molar-refractivity contribution in [2.45, 2.75) is 26.3 Å². The van der Waals surface area contributed by atoms with Crippen LogP contribution in [0.5, 0.6) is 0 Å². The van der Waals surface area contributed by atoms with E-state index >= 15 is 0 Å². The summed E-state index contributed by atoms with van der Waals surface area (Å²) in [6.07, 6.45) is 1.61. The number of nitrogen functional groups attached to an aromatic ring is 1. The fraction of sp³-hybridized carbons (Fsp3) is 0.227. The van der Waals surface area contributed by atoms with Crippen molar-refractivity contribution in [2.75, 3.05) is 12.8 Å². The number of carbonyl (C=O) groups is 1. The molecular formula is C22H23N7O2. The number of H-pyrrole nitrogens is 1. The molecule has 3 N–H and O–H groups in total. The Morgan fingerprint density at radius 3 is 2.52 bits per heavy atom. The highest BCUT2D eigenvalue weighted by Gasteiger charge is 2.21. The summed E-state index contributed by atoms with van der Waals surface area (Å²) in [5.74, 6) is 1.11. The van der Waals surface area contributed by atoms with Crippen molar-refractivity contribution in [3.63, 3.8) is 0 Å². The van der Waals surface area contributed by atoms with Gasteiger partial charge in [0, 0.05) is 12.0 Å². The molecule has 2 heterocycles. The van der Waals surface area contributed by atoms with E-state index in [0.29, 0.717) is 18.2 Å². The number of nitrogens with zero attached hydrogens (tertiary/aromatic N) is 5. The van der Waals surface area contributed by atoms with Crippen LogP contribution in [0.4, 0.5) is 5.82 Å². The van der Waals surface area contributed by atoms with Gasteiger partial charge < -0.3 is 15.0 Å². The van der Waals surface area contributed by atoms with Crippen LogP contribution in [0.25, 0.3) is 22.5 Å². The molecule has 158 valence electrons. The molecule has 0 aliphatic carbocycles. The highest BCUT2D eigenvalue weighted by Crippen LogP contribution is 2.30. The summed E-state index contributed by atoms with van der Waals surface area (Å²) in [6.45, 7) is 2.57. The number of esters is 1. The summed E-state index contributed by atoms with van der Waals surface area (Å²) in [5, 5.41) is 14.3. The molecule has 0 bridgehead atoms. The second kappa shape index (κ2) is 8.78. The van der Waals surface area contributed by atoms with E-state index in [1.807, 2.05) is 53.1 Å². The summed E-state index contributed by atoms with van der Waals surface area (Å²) >= 11 is 0. The van der Waals surface area contributed by atoms with Gasteiger partial charge in [-0.05, 0) is 28.3 Å². The average Bonchev–Trinajstić information content (AvgIpc) is 3.44. The first kappa shape index (κ1) is 20.3. The van der Waals surface area contributed by atoms with E-state index < -0.39 is 5.97 Å². The first-order valence-corrected chi connectivity index (χ1v) is 9.97. The van der Waals surface area contributed by atoms with Gasteiger partial charge in [0.2, 0.25) is 5.82 Å². The van der Waals surface area contributed by atoms with Gasteiger partial charge in [-0.1, -0.05) is 55.5 Å². The van der Waals surface area contributed by atoms with Crippen molar-refractivity contribution in [1.82, 2.24) is 30.2 Å². The second-order valence-corrected chi connectivity index (χ2v) is 7.07. The predicted octanol–water partition coefficient (Wildman–Crippen LogP) is 3.10. The molecule has 2 aromatic carbocycles. The minimum Gasteiger partial charge on any atom is -0.464 e. The van der Waals surface area contributed by atoms with E-state index in [9.17, 15) is 4.79 Å². The number of methoxy groups -OCH3 is 1. The number of hydrogen-bond donors (Lipinski definition) is 2. The van der Waals surface area contributed by atoms with Crippen LogP contribution in [-0.4, -0.2) is 43.3 Å². The lowest BCUT2D eigenvalue weighted by Crippen LogP contribution is -2.10. The zero-order valence-electron chi connectivity index (χ0n) is 17.4. The summed E-state index contributed by atoms with van der Waals surface area (Å²) in [6, 6.07) is 16.1. The summed E-state index contributed by atoms with van der Waals surface area (Å²) in [5.41, 5.74) is 10.4. The van der Waals surface area contributed by atoms with E-state index in [-0.39, 0.29) is 5.69 Å². The van der Waals surface area contributed by atoms with E-state index in [4.69, 9.17) is 10.5 Å². The molecule has 4 rings (SSSR count). The van der Waals surface area contributed by atoms with Crippen LogP contribution in [0, 0.1) is 0 Å². The zero-order chi connectivity index (χ0) is 21.8. The Balaban J connectivity index is 1.64. The summed E-state index contributed by atoms with van der Waals surface area (Å²) < 4.78 is 6.68. The molecule has 0 spiro atoms. The number of aromatic amines is 1. The van der Waals surface area contributed by atoms with Crippen molar-refractivity contribution < 1.29 is 9.53 Å². The van der Waals surface area contributed by atoms with Gasteiger partial charge in [0.15, 0.2) is 5.69 Å². The Hall–Kier alpha value is -4.01. The highest BCUT2D eigenvalue weighted by molar-refractivity contribution is 5.92. The summed E-state index contributed by atoms with van der Waals surface area (Å²) in [4.78, 5) is 16.4. The quantitative estimate of drug-likeness (QED) is 0.443. The van der Waals surface area contributed by atoms with Gasteiger partial charge in [0.05, 0.1) is 13.7 Å². The first-order valence-electron chi connectivity index (χ1n) is 9.97. The molecule has 9 heteroatoms. The molecule has 0 aliphatic rings. The Kier molecular flexibility index (Phi) is 5.74. The minimum atomic E-state index is -0.526. The highest BCUT2D eigenvalue weighted by atomic mass is 16.5. The fourth-order valence-electron chi connectivity index (χ4n) is 3.53. The lowest BCUT2D eigenvalue weighted by Gasteiger charge is -2.11. The van der Waals surface area contributed by atoms with Gasteiger partial charge in [-0.2, -0.15) is 5.21 Å². The molecule has 4 aromatic rings. The lowest BCUT2D eigenvalue weighted by atomic mass is 9.98. The van der Waals surface area contributed by atoms with Crippen LogP contribution in [0.15, 0.2) is 48.5 Å². The van der Waals surface area contributed by atoms with Crippen LogP contribution in [-0.2, 0) is 17.7 Å². The van der Waals surface area contributed by atoms with Gasteiger partial charge >= 0.3 is 5.97 Å². The van der Waals surface area contributed by atoms with Crippen LogP contribution in [0.2, 0.25) is 0 Å². The monoisotopic (exact) mass is 417 g/mol. The van der Waals surface area contributed by atoms with Crippen LogP contribution < -0.4 is 5.73 Å². The standard InChI is InChI=1S/C22H23N7O2/c1-3-6-18-24-19(22(30)31-2)20(23)29(18)13-14-9-11-15(12-10-14)16-7-4-5-8-17(16)21-25-27-28-26-21/h4-5,7-12H,3,6,13,23H2,1-2H3,(H,25,26,27,28). The number of aryl methyl sites for hydroxylation is 1. The molecule has 0 saturated heterocycles. The van der Waals surface area contributed by atoms with Gasteiger partial charge in [-0.15, -0.1) is 10.2 Å².